The van der Waals surface area contributed by atoms with E-state index in [1.807, 2.05) is 11.8 Å². The van der Waals surface area contributed by atoms with Crippen LogP contribution in [0.4, 0.5) is 13.2 Å². The van der Waals surface area contributed by atoms with Crippen LogP contribution in [0.3, 0.4) is 0 Å². The van der Waals surface area contributed by atoms with Gasteiger partial charge < -0.3 is 10.4 Å². The highest BCUT2D eigenvalue weighted by atomic mass is 32.2. The van der Waals surface area contributed by atoms with Crippen LogP contribution in [0, 0.1) is 0 Å². The number of aliphatic hydroxyl groups is 1. The molecule has 1 aliphatic rings. The third-order valence-corrected chi connectivity index (χ3v) is 4.24. The molecule has 0 aromatic heterocycles. The Morgan fingerprint density at radius 2 is 2.12 bits per heavy atom. The van der Waals surface area contributed by atoms with Crippen molar-refractivity contribution >= 4 is 11.8 Å². The van der Waals surface area contributed by atoms with Gasteiger partial charge in [0.15, 0.2) is 0 Å². The molecule has 0 bridgehead atoms. The molecule has 2 N–H and O–H groups in total. The Balaban J connectivity index is 2.25. The summed E-state index contributed by atoms with van der Waals surface area (Å²) in [6, 6.07) is 0.253. The maximum Gasteiger partial charge on any atom is 0.391 e. The minimum Gasteiger partial charge on any atom is -0.391 e. The Morgan fingerprint density at radius 3 is 2.71 bits per heavy atom. The van der Waals surface area contributed by atoms with Crippen molar-refractivity contribution in [1.29, 1.82) is 0 Å². The minimum atomic E-state index is -4.28. The van der Waals surface area contributed by atoms with Crippen molar-refractivity contribution in [3.63, 3.8) is 0 Å². The average molecular weight is 271 g/mol. The molecule has 3 atom stereocenters. The molecular formula is C11H20F3NOS. The van der Waals surface area contributed by atoms with E-state index in [0.717, 1.165) is 25.0 Å². The lowest BCUT2D eigenvalue weighted by molar-refractivity contribution is -0.152. The zero-order valence-corrected chi connectivity index (χ0v) is 10.8. The van der Waals surface area contributed by atoms with Gasteiger partial charge in [0.05, 0.1) is 12.5 Å². The van der Waals surface area contributed by atoms with E-state index in [1.54, 1.807) is 0 Å². The van der Waals surface area contributed by atoms with E-state index < -0.39 is 18.7 Å². The van der Waals surface area contributed by atoms with Gasteiger partial charge in [-0.15, -0.1) is 0 Å². The minimum absolute atomic E-state index is 0.0327. The molecule has 0 aromatic rings. The Hall–Kier alpha value is 0.0600. The van der Waals surface area contributed by atoms with Crippen molar-refractivity contribution in [2.75, 3.05) is 12.3 Å². The van der Waals surface area contributed by atoms with Crippen molar-refractivity contribution in [2.24, 2.45) is 0 Å². The zero-order valence-electron chi connectivity index (χ0n) is 9.96. The van der Waals surface area contributed by atoms with Crippen LogP contribution in [0.2, 0.25) is 0 Å². The molecule has 0 unspecified atom stereocenters. The van der Waals surface area contributed by atoms with Crippen LogP contribution in [-0.2, 0) is 0 Å². The number of thioether (sulfide) groups is 1. The maximum atomic E-state index is 12.0. The Morgan fingerprint density at radius 1 is 1.41 bits per heavy atom. The number of hydrogen-bond acceptors (Lipinski definition) is 3. The first-order valence-electron chi connectivity index (χ1n) is 6.02. The first-order chi connectivity index (χ1) is 7.92. The van der Waals surface area contributed by atoms with E-state index in [4.69, 9.17) is 0 Å². The van der Waals surface area contributed by atoms with Gasteiger partial charge in [0.25, 0.3) is 0 Å². The van der Waals surface area contributed by atoms with Crippen LogP contribution in [0.5, 0.6) is 0 Å². The molecule has 102 valence electrons. The second-order valence-electron chi connectivity index (χ2n) is 4.41. The van der Waals surface area contributed by atoms with Gasteiger partial charge in [-0.2, -0.15) is 24.9 Å². The predicted molar refractivity (Wildman–Crippen MR) is 64.2 cm³/mol. The standard InChI is InChI=1S/C11H20F3NOS/c1-2-17-10-5-3-4-9(10)15-7-8(16)6-11(12,13)14/h8-10,15-16H,2-7H2,1H3/t8-,9-,10-/m1/s1. The molecule has 1 aliphatic carbocycles. The fourth-order valence-electron chi connectivity index (χ4n) is 2.20. The lowest BCUT2D eigenvalue weighted by Gasteiger charge is -2.22. The number of rotatable bonds is 6. The largest absolute Gasteiger partial charge is 0.391 e. The highest BCUT2D eigenvalue weighted by molar-refractivity contribution is 7.99. The van der Waals surface area contributed by atoms with E-state index in [0.29, 0.717) is 5.25 Å². The summed E-state index contributed by atoms with van der Waals surface area (Å²) in [6.45, 7) is 2.11. The van der Waals surface area contributed by atoms with Crippen LogP contribution in [-0.4, -0.2) is 41.0 Å². The summed E-state index contributed by atoms with van der Waals surface area (Å²) in [6.07, 6.45) is -3.51. The van der Waals surface area contributed by atoms with Crippen LogP contribution in [0.15, 0.2) is 0 Å². The topological polar surface area (TPSA) is 32.3 Å². The lowest BCUT2D eigenvalue weighted by Crippen LogP contribution is -2.40. The monoisotopic (exact) mass is 271 g/mol. The quantitative estimate of drug-likeness (QED) is 0.779. The Labute approximate surface area is 104 Å². The molecule has 17 heavy (non-hydrogen) atoms. The molecule has 0 saturated heterocycles. The number of hydrogen-bond donors (Lipinski definition) is 2. The van der Waals surface area contributed by atoms with Crippen LogP contribution < -0.4 is 5.32 Å². The molecule has 0 amide bonds. The van der Waals surface area contributed by atoms with Gasteiger partial charge >= 0.3 is 6.18 Å². The van der Waals surface area contributed by atoms with Crippen LogP contribution in [0.25, 0.3) is 0 Å². The second-order valence-corrected chi connectivity index (χ2v) is 5.93. The molecule has 1 rings (SSSR count). The molecule has 0 aliphatic heterocycles. The van der Waals surface area contributed by atoms with Gasteiger partial charge in [-0.05, 0) is 18.6 Å². The van der Waals surface area contributed by atoms with E-state index in [-0.39, 0.29) is 12.6 Å². The molecule has 6 heteroatoms. The number of aliphatic hydroxyl groups excluding tert-OH is 1. The maximum absolute atomic E-state index is 12.0. The summed E-state index contributed by atoms with van der Waals surface area (Å²) in [5.41, 5.74) is 0. The van der Waals surface area contributed by atoms with E-state index >= 15 is 0 Å². The fraction of sp³-hybridized carbons (Fsp3) is 1.00. The number of nitrogens with one attached hydrogen (secondary N) is 1. The Bertz CT molecular complexity index is 225. The first-order valence-corrected chi connectivity index (χ1v) is 7.07. The molecular weight excluding hydrogens is 251 g/mol. The molecule has 0 radical (unpaired) electrons. The van der Waals surface area contributed by atoms with E-state index in [2.05, 4.69) is 12.2 Å². The van der Waals surface area contributed by atoms with Gasteiger partial charge in [-0.3, -0.25) is 0 Å². The molecule has 0 aromatic carbocycles. The summed E-state index contributed by atoms with van der Waals surface area (Å²) >= 11 is 1.85. The summed E-state index contributed by atoms with van der Waals surface area (Å²) < 4.78 is 36.0. The smallest absolute Gasteiger partial charge is 0.391 e. The molecule has 0 spiro atoms. The first kappa shape index (κ1) is 15.1. The van der Waals surface area contributed by atoms with Gasteiger partial charge in [-0.1, -0.05) is 13.3 Å². The van der Waals surface area contributed by atoms with Crippen LogP contribution >= 0.6 is 11.8 Å². The third-order valence-electron chi connectivity index (χ3n) is 2.92. The van der Waals surface area contributed by atoms with E-state index in [1.165, 1.54) is 0 Å². The lowest BCUT2D eigenvalue weighted by atomic mass is 10.2. The summed E-state index contributed by atoms with van der Waals surface area (Å²) in [4.78, 5) is 0. The highest BCUT2D eigenvalue weighted by Gasteiger charge is 2.32. The molecule has 1 fully saturated rings. The van der Waals surface area contributed by atoms with Crippen molar-refractivity contribution in [1.82, 2.24) is 5.32 Å². The zero-order chi connectivity index (χ0) is 12.9. The number of alkyl halides is 3. The van der Waals surface area contributed by atoms with Crippen molar-refractivity contribution in [3.8, 4) is 0 Å². The molecule has 2 nitrogen and oxygen atoms in total. The van der Waals surface area contributed by atoms with Gasteiger partial charge in [-0.25, -0.2) is 0 Å². The van der Waals surface area contributed by atoms with Gasteiger partial charge in [0, 0.05) is 17.8 Å². The number of halogens is 3. The second kappa shape index (κ2) is 6.85. The summed E-state index contributed by atoms with van der Waals surface area (Å²) in [5.74, 6) is 1.02. The fourth-order valence-corrected chi connectivity index (χ4v) is 3.43. The predicted octanol–water partition coefficient (Wildman–Crippen LogP) is 2.56. The molecule has 1 saturated carbocycles. The van der Waals surface area contributed by atoms with E-state index in [9.17, 15) is 18.3 Å². The summed E-state index contributed by atoms with van der Waals surface area (Å²) in [7, 11) is 0. The van der Waals surface area contributed by atoms with Crippen LogP contribution in [0.1, 0.15) is 32.6 Å². The molecule has 0 heterocycles. The van der Waals surface area contributed by atoms with Crippen molar-refractivity contribution in [2.45, 2.75) is 56.2 Å². The van der Waals surface area contributed by atoms with Gasteiger partial charge in [0.1, 0.15) is 0 Å². The van der Waals surface area contributed by atoms with Crippen molar-refractivity contribution in [3.05, 3.63) is 0 Å². The third kappa shape index (κ3) is 5.97. The SMILES string of the molecule is CCS[C@@H]1CCC[C@H]1NC[C@H](O)CC(F)(F)F. The van der Waals surface area contributed by atoms with Gasteiger partial charge in [0.2, 0.25) is 0 Å². The van der Waals surface area contributed by atoms with Crippen molar-refractivity contribution < 1.29 is 18.3 Å². The Kier molecular flexibility index (Phi) is 6.09. The average Bonchev–Trinajstić information content (AvgIpc) is 2.60. The summed E-state index contributed by atoms with van der Waals surface area (Å²) in [5, 5.41) is 12.8. The highest BCUT2D eigenvalue weighted by Crippen LogP contribution is 2.30. The normalized spacial score (nSPS) is 27.4.